The van der Waals surface area contributed by atoms with E-state index in [1.165, 1.54) is 49.7 Å². The minimum Gasteiger partial charge on any atom is -0.497 e. The number of hydrogen-bond donors (Lipinski definition) is 1. The smallest absolute Gasteiger partial charge is 0.288 e. The fourth-order valence-electron chi connectivity index (χ4n) is 5.55. The summed E-state index contributed by atoms with van der Waals surface area (Å²) in [5.74, 6) is -0.842. The number of benzene rings is 1. The second kappa shape index (κ2) is 10.2. The molecule has 2 aliphatic rings. The maximum absolute atomic E-state index is 15.0. The normalized spacial score (nSPS) is 22.7. The SMILES string of the molecule is COc1ccc2c(c1)C(c1cccnc1OC)(N1C[C@H](O)C[C@H]1C(=O)N(C)C)C(=O)N2S(=O)(=O)c1ccccn1. The molecular formula is C27H29N5O7S. The first-order valence-corrected chi connectivity index (χ1v) is 13.9. The van der Waals surface area contributed by atoms with Crippen LogP contribution in [0, 0.1) is 0 Å². The summed E-state index contributed by atoms with van der Waals surface area (Å²) in [6, 6.07) is 11.2. The molecule has 0 radical (unpaired) electrons. The number of likely N-dealkylation sites (tertiary alicyclic amines) is 1. The van der Waals surface area contributed by atoms with Crippen molar-refractivity contribution < 1.29 is 32.6 Å². The molecule has 1 unspecified atom stereocenters. The van der Waals surface area contributed by atoms with Crippen molar-refractivity contribution in [2.75, 3.05) is 39.2 Å². The molecule has 2 aliphatic heterocycles. The molecule has 3 atom stereocenters. The van der Waals surface area contributed by atoms with Crippen molar-refractivity contribution in [2.45, 2.75) is 29.1 Å². The number of nitrogens with zero attached hydrogens (tertiary/aromatic N) is 5. The number of rotatable bonds is 7. The summed E-state index contributed by atoms with van der Waals surface area (Å²) >= 11 is 0. The van der Waals surface area contributed by atoms with Crippen molar-refractivity contribution in [1.29, 1.82) is 0 Å². The maximum atomic E-state index is 15.0. The van der Waals surface area contributed by atoms with Gasteiger partial charge >= 0.3 is 0 Å². The third-order valence-electron chi connectivity index (χ3n) is 7.24. The second-order valence-corrected chi connectivity index (χ2v) is 11.4. The first kappa shape index (κ1) is 27.5. The van der Waals surface area contributed by atoms with E-state index < -0.39 is 33.6 Å². The molecule has 13 heteroatoms. The van der Waals surface area contributed by atoms with Crippen molar-refractivity contribution in [3.05, 3.63) is 72.1 Å². The number of ether oxygens (including phenoxy) is 2. The lowest BCUT2D eigenvalue weighted by molar-refractivity contribution is -0.138. The molecular weight excluding hydrogens is 538 g/mol. The molecule has 1 saturated heterocycles. The lowest BCUT2D eigenvalue weighted by atomic mass is 9.81. The van der Waals surface area contributed by atoms with Crippen molar-refractivity contribution in [2.24, 2.45) is 0 Å². The Kier molecular flexibility index (Phi) is 6.98. The number of carbonyl (C=O) groups is 2. The van der Waals surface area contributed by atoms with Crippen molar-refractivity contribution in [3.8, 4) is 11.6 Å². The number of aromatic nitrogens is 2. The number of likely N-dealkylation sites (N-methyl/N-ethyl adjacent to an activating group) is 1. The Bertz CT molecular complexity index is 1570. The van der Waals surface area contributed by atoms with Crippen LogP contribution in [0.2, 0.25) is 0 Å². The molecule has 1 fully saturated rings. The number of pyridine rings is 2. The summed E-state index contributed by atoms with van der Waals surface area (Å²) < 4.78 is 39.9. The summed E-state index contributed by atoms with van der Waals surface area (Å²) in [5, 5.41) is 10.5. The van der Waals surface area contributed by atoms with Crippen LogP contribution >= 0.6 is 0 Å². The number of hydrogen-bond acceptors (Lipinski definition) is 10. The van der Waals surface area contributed by atoms with Gasteiger partial charge in [0.1, 0.15) is 5.75 Å². The predicted octanol–water partition coefficient (Wildman–Crippen LogP) is 0.996. The van der Waals surface area contributed by atoms with Gasteiger partial charge in [-0.25, -0.2) is 9.97 Å². The highest BCUT2D eigenvalue weighted by atomic mass is 32.2. The van der Waals surface area contributed by atoms with Gasteiger partial charge < -0.3 is 19.5 Å². The number of sulfonamides is 1. The van der Waals surface area contributed by atoms with E-state index in [0.717, 1.165) is 0 Å². The summed E-state index contributed by atoms with van der Waals surface area (Å²) in [6.45, 7) is -0.109. The molecule has 210 valence electrons. The third kappa shape index (κ3) is 4.00. The summed E-state index contributed by atoms with van der Waals surface area (Å²) in [7, 11) is 1.46. The lowest BCUT2D eigenvalue weighted by Gasteiger charge is -2.41. The van der Waals surface area contributed by atoms with Gasteiger partial charge in [0.2, 0.25) is 11.8 Å². The molecule has 5 rings (SSSR count). The standard InChI is InChI=1S/C27H29N5O7S/c1-30(2)25(34)22-14-17(33)16-31(22)27(19-8-7-13-29-24(19)39-4)20-15-18(38-3)10-11-21(20)32(26(27)35)40(36,37)23-9-5-6-12-28-23/h5-13,15,17,22,33H,14,16H2,1-4H3/t17-,22+,27?/m1/s1. The quantitative estimate of drug-likeness (QED) is 0.439. The van der Waals surface area contributed by atoms with Crippen LogP contribution in [0.25, 0.3) is 0 Å². The van der Waals surface area contributed by atoms with Gasteiger partial charge in [0, 0.05) is 44.2 Å². The van der Waals surface area contributed by atoms with Crippen molar-refractivity contribution in [1.82, 2.24) is 19.8 Å². The van der Waals surface area contributed by atoms with Gasteiger partial charge in [-0.3, -0.25) is 14.5 Å². The van der Waals surface area contributed by atoms with E-state index in [1.54, 1.807) is 49.3 Å². The van der Waals surface area contributed by atoms with E-state index in [1.807, 2.05) is 0 Å². The van der Waals surface area contributed by atoms with Crippen molar-refractivity contribution in [3.63, 3.8) is 0 Å². The first-order valence-electron chi connectivity index (χ1n) is 12.4. The molecule has 4 heterocycles. The number of methoxy groups -OCH3 is 2. The van der Waals surface area contributed by atoms with Gasteiger partial charge in [0.15, 0.2) is 10.6 Å². The zero-order valence-electron chi connectivity index (χ0n) is 22.4. The van der Waals surface area contributed by atoms with Crippen molar-refractivity contribution >= 4 is 27.5 Å². The van der Waals surface area contributed by atoms with E-state index >= 15 is 0 Å². The Morgan fingerprint density at radius 1 is 1.05 bits per heavy atom. The Labute approximate surface area is 231 Å². The third-order valence-corrected chi connectivity index (χ3v) is 8.85. The van der Waals surface area contributed by atoms with Crippen LogP contribution in [0.4, 0.5) is 5.69 Å². The Morgan fingerprint density at radius 2 is 1.80 bits per heavy atom. The highest BCUT2D eigenvalue weighted by Crippen LogP contribution is 2.54. The van der Waals surface area contributed by atoms with Crippen LogP contribution in [0.5, 0.6) is 11.6 Å². The molecule has 0 saturated carbocycles. The molecule has 0 spiro atoms. The van der Waals surface area contributed by atoms with Crippen LogP contribution in [0.1, 0.15) is 17.5 Å². The Balaban J connectivity index is 1.89. The number of β-amino-alcohol motifs (C(OH)–C–C–N with tert-alkyl or cyclic N) is 1. The maximum Gasteiger partial charge on any atom is 0.288 e. The number of amides is 2. The number of anilines is 1. The average molecular weight is 568 g/mol. The summed E-state index contributed by atoms with van der Waals surface area (Å²) in [4.78, 5) is 39.7. The Hall–Kier alpha value is -4.07. The van der Waals surface area contributed by atoms with Crippen LogP contribution in [0.15, 0.2) is 66.0 Å². The molecule has 40 heavy (non-hydrogen) atoms. The van der Waals surface area contributed by atoms with E-state index in [0.29, 0.717) is 10.1 Å². The highest BCUT2D eigenvalue weighted by molar-refractivity contribution is 7.93. The van der Waals surface area contributed by atoms with E-state index in [9.17, 15) is 23.1 Å². The largest absolute Gasteiger partial charge is 0.497 e. The van der Waals surface area contributed by atoms with Crippen LogP contribution < -0.4 is 13.8 Å². The molecule has 0 aliphatic carbocycles. The van der Waals surface area contributed by atoms with Gasteiger partial charge in [-0.15, -0.1) is 0 Å². The molecule has 2 amide bonds. The minimum atomic E-state index is -4.53. The predicted molar refractivity (Wildman–Crippen MR) is 143 cm³/mol. The highest BCUT2D eigenvalue weighted by Gasteiger charge is 2.64. The van der Waals surface area contributed by atoms with Crippen LogP contribution in [-0.4, -0.2) is 92.1 Å². The number of aliphatic hydroxyl groups is 1. The van der Waals surface area contributed by atoms with Gasteiger partial charge in [0.05, 0.1) is 32.1 Å². The molecule has 1 N–H and O–H groups in total. The first-order chi connectivity index (χ1) is 19.1. The van der Waals surface area contributed by atoms with E-state index in [2.05, 4.69) is 9.97 Å². The van der Waals surface area contributed by atoms with Gasteiger partial charge in [-0.2, -0.15) is 12.7 Å². The number of carbonyl (C=O) groups excluding carboxylic acids is 2. The van der Waals surface area contributed by atoms with Gasteiger partial charge in [0.25, 0.3) is 15.9 Å². The molecule has 2 aromatic heterocycles. The zero-order chi connectivity index (χ0) is 28.8. The fourth-order valence-corrected chi connectivity index (χ4v) is 6.95. The minimum absolute atomic E-state index is 0.0287. The lowest BCUT2D eigenvalue weighted by Crippen LogP contribution is -2.59. The van der Waals surface area contributed by atoms with Gasteiger partial charge in [-0.1, -0.05) is 6.07 Å². The summed E-state index contributed by atoms with van der Waals surface area (Å²) in [5.41, 5.74) is -1.45. The molecule has 3 aromatic rings. The van der Waals surface area contributed by atoms with Crippen LogP contribution in [0.3, 0.4) is 0 Å². The van der Waals surface area contributed by atoms with E-state index in [4.69, 9.17) is 9.47 Å². The Morgan fingerprint density at radius 3 is 2.45 bits per heavy atom. The number of fused-ring (bicyclic) bond motifs is 1. The van der Waals surface area contributed by atoms with E-state index in [-0.39, 0.29) is 46.6 Å². The average Bonchev–Trinajstić information content (AvgIpc) is 3.47. The monoisotopic (exact) mass is 567 g/mol. The topological polar surface area (TPSA) is 142 Å². The zero-order valence-corrected chi connectivity index (χ0v) is 23.2. The second-order valence-electron chi connectivity index (χ2n) is 9.69. The van der Waals surface area contributed by atoms with Gasteiger partial charge in [-0.05, 0) is 48.9 Å². The summed E-state index contributed by atoms with van der Waals surface area (Å²) in [6.07, 6.45) is 1.85. The van der Waals surface area contributed by atoms with Crippen LogP contribution in [-0.2, 0) is 25.2 Å². The molecule has 12 nitrogen and oxygen atoms in total. The fraction of sp³-hybridized carbons (Fsp3) is 0.333. The molecule has 0 bridgehead atoms. The number of aliphatic hydroxyl groups excluding tert-OH is 1. The molecule has 1 aromatic carbocycles.